The van der Waals surface area contributed by atoms with Crippen molar-refractivity contribution >= 4 is 7.12 Å². The SMILES string of the molecule is OOB(OO)C1=CCCC1. The van der Waals surface area contributed by atoms with Crippen molar-refractivity contribution in [2.24, 2.45) is 0 Å². The summed E-state index contributed by atoms with van der Waals surface area (Å²) >= 11 is 0. The highest BCUT2D eigenvalue weighted by Gasteiger charge is 2.26. The fourth-order valence-electron chi connectivity index (χ4n) is 1.06. The van der Waals surface area contributed by atoms with Crippen molar-refractivity contribution in [3.8, 4) is 0 Å². The topological polar surface area (TPSA) is 58.9 Å². The van der Waals surface area contributed by atoms with Crippen molar-refractivity contribution in [1.29, 1.82) is 0 Å². The second kappa shape index (κ2) is 3.73. The van der Waals surface area contributed by atoms with Gasteiger partial charge in [-0.3, -0.25) is 20.1 Å². The fraction of sp³-hybridized carbons (Fsp3) is 0.600. The van der Waals surface area contributed by atoms with E-state index in [1.54, 1.807) is 0 Å². The van der Waals surface area contributed by atoms with Gasteiger partial charge in [0.25, 0.3) is 0 Å². The van der Waals surface area contributed by atoms with Crippen LogP contribution in [0, 0.1) is 0 Å². The summed E-state index contributed by atoms with van der Waals surface area (Å²) in [7, 11) is -0.984. The number of hydrogen-bond donors (Lipinski definition) is 2. The maximum absolute atomic E-state index is 8.16. The Bertz CT molecular complexity index is 132. The van der Waals surface area contributed by atoms with Crippen molar-refractivity contribution in [3.05, 3.63) is 11.5 Å². The second-order valence-corrected chi connectivity index (χ2v) is 2.21. The van der Waals surface area contributed by atoms with Gasteiger partial charge in [-0.2, -0.15) is 0 Å². The van der Waals surface area contributed by atoms with Gasteiger partial charge in [-0.25, -0.2) is 0 Å². The molecule has 0 saturated heterocycles. The van der Waals surface area contributed by atoms with E-state index in [0.717, 1.165) is 24.7 Å². The molecule has 5 heteroatoms. The number of rotatable bonds is 3. The van der Waals surface area contributed by atoms with Crippen LogP contribution in [-0.2, 0) is 9.61 Å². The molecule has 1 aliphatic carbocycles. The van der Waals surface area contributed by atoms with Gasteiger partial charge >= 0.3 is 7.12 Å². The van der Waals surface area contributed by atoms with Crippen molar-refractivity contribution in [3.63, 3.8) is 0 Å². The highest BCUT2D eigenvalue weighted by molar-refractivity contribution is 6.53. The predicted octanol–water partition coefficient (Wildman–Crippen LogP) is 1.10. The zero-order valence-corrected chi connectivity index (χ0v) is 5.49. The van der Waals surface area contributed by atoms with Crippen molar-refractivity contribution < 1.29 is 20.1 Å². The van der Waals surface area contributed by atoms with E-state index in [2.05, 4.69) is 9.61 Å². The van der Waals surface area contributed by atoms with E-state index in [1.165, 1.54) is 0 Å². The van der Waals surface area contributed by atoms with Crippen LogP contribution in [0.4, 0.5) is 0 Å². The van der Waals surface area contributed by atoms with Crippen molar-refractivity contribution in [2.45, 2.75) is 19.3 Å². The Labute approximate surface area is 59.1 Å². The van der Waals surface area contributed by atoms with E-state index < -0.39 is 7.12 Å². The monoisotopic (exact) mass is 144 g/mol. The summed E-state index contributed by atoms with van der Waals surface area (Å²) in [6.45, 7) is 0. The van der Waals surface area contributed by atoms with Gasteiger partial charge in [0.05, 0.1) is 0 Å². The molecule has 0 saturated carbocycles. The minimum atomic E-state index is -0.984. The Balaban J connectivity index is 2.44. The zero-order valence-electron chi connectivity index (χ0n) is 5.49. The van der Waals surface area contributed by atoms with Crippen LogP contribution in [0.15, 0.2) is 11.5 Å². The first-order chi connectivity index (χ1) is 4.88. The highest BCUT2D eigenvalue weighted by Crippen LogP contribution is 2.20. The summed E-state index contributed by atoms with van der Waals surface area (Å²) in [5.41, 5.74) is 0.796. The van der Waals surface area contributed by atoms with Gasteiger partial charge in [0.2, 0.25) is 0 Å². The second-order valence-electron chi connectivity index (χ2n) is 2.21. The first-order valence-electron chi connectivity index (χ1n) is 3.18. The predicted molar refractivity (Wildman–Crippen MR) is 35.1 cm³/mol. The van der Waals surface area contributed by atoms with Crippen LogP contribution in [0.3, 0.4) is 0 Å². The minimum Gasteiger partial charge on any atom is -0.264 e. The van der Waals surface area contributed by atoms with Gasteiger partial charge < -0.3 is 0 Å². The molecule has 0 aromatic heterocycles. The van der Waals surface area contributed by atoms with Crippen LogP contribution in [-0.4, -0.2) is 17.6 Å². The smallest absolute Gasteiger partial charge is 0.264 e. The van der Waals surface area contributed by atoms with Crippen LogP contribution >= 0.6 is 0 Å². The molecule has 0 aliphatic heterocycles. The lowest BCUT2D eigenvalue weighted by molar-refractivity contribution is -0.223. The largest absolute Gasteiger partial charge is 0.549 e. The molecular weight excluding hydrogens is 135 g/mol. The van der Waals surface area contributed by atoms with E-state index in [4.69, 9.17) is 10.5 Å². The Kier molecular flexibility index (Phi) is 2.89. The molecule has 0 unspecified atom stereocenters. The van der Waals surface area contributed by atoms with Crippen molar-refractivity contribution in [1.82, 2.24) is 0 Å². The van der Waals surface area contributed by atoms with Crippen LogP contribution in [0.25, 0.3) is 0 Å². The lowest BCUT2D eigenvalue weighted by Gasteiger charge is -2.03. The fourth-order valence-corrected chi connectivity index (χ4v) is 1.06. The van der Waals surface area contributed by atoms with Gasteiger partial charge in [-0.1, -0.05) is 6.08 Å². The highest BCUT2D eigenvalue weighted by atomic mass is 17.2. The summed E-state index contributed by atoms with van der Waals surface area (Å²) in [5, 5.41) is 16.3. The summed E-state index contributed by atoms with van der Waals surface area (Å²) in [6, 6.07) is 0. The molecule has 1 aliphatic rings. The third kappa shape index (κ3) is 1.57. The molecule has 0 fully saturated rings. The quantitative estimate of drug-likeness (QED) is 0.353. The molecule has 0 bridgehead atoms. The van der Waals surface area contributed by atoms with E-state index in [9.17, 15) is 0 Å². The molecule has 0 heterocycles. The van der Waals surface area contributed by atoms with Crippen LogP contribution in [0.1, 0.15) is 19.3 Å². The van der Waals surface area contributed by atoms with Gasteiger partial charge in [-0.15, -0.1) is 0 Å². The molecule has 10 heavy (non-hydrogen) atoms. The Morgan fingerprint density at radius 2 is 2.10 bits per heavy atom. The molecule has 1 rings (SSSR count). The van der Waals surface area contributed by atoms with Crippen LogP contribution < -0.4 is 0 Å². The molecule has 0 radical (unpaired) electrons. The molecule has 0 aromatic rings. The third-order valence-electron chi connectivity index (χ3n) is 1.57. The molecular formula is C5H9BO4. The molecule has 56 valence electrons. The lowest BCUT2D eigenvalue weighted by atomic mass is 9.79. The maximum Gasteiger partial charge on any atom is 0.549 e. The molecule has 4 nitrogen and oxygen atoms in total. The third-order valence-corrected chi connectivity index (χ3v) is 1.57. The number of hydrogen-bond acceptors (Lipinski definition) is 4. The zero-order chi connectivity index (χ0) is 7.40. The lowest BCUT2D eigenvalue weighted by Crippen LogP contribution is -2.22. The normalized spacial score (nSPS) is 17.2. The Morgan fingerprint density at radius 3 is 2.50 bits per heavy atom. The summed E-state index contributed by atoms with van der Waals surface area (Å²) in [6.07, 6.45) is 4.68. The number of allylic oxidation sites excluding steroid dienone is 2. The summed E-state index contributed by atoms with van der Waals surface area (Å²) in [4.78, 5) is 7.69. The van der Waals surface area contributed by atoms with Crippen LogP contribution in [0.2, 0.25) is 0 Å². The molecule has 2 N–H and O–H groups in total. The molecule has 0 aromatic carbocycles. The minimum absolute atomic E-state index is 0.796. The van der Waals surface area contributed by atoms with E-state index in [1.807, 2.05) is 6.08 Å². The molecule has 0 atom stereocenters. The summed E-state index contributed by atoms with van der Waals surface area (Å²) < 4.78 is 0. The van der Waals surface area contributed by atoms with Gasteiger partial charge in [-0.05, 0) is 24.7 Å². The first-order valence-corrected chi connectivity index (χ1v) is 3.18. The molecule has 0 amide bonds. The van der Waals surface area contributed by atoms with Crippen LogP contribution in [0.5, 0.6) is 0 Å². The Morgan fingerprint density at radius 1 is 1.40 bits per heavy atom. The maximum atomic E-state index is 8.16. The van der Waals surface area contributed by atoms with E-state index >= 15 is 0 Å². The average Bonchev–Trinajstić information content (AvgIpc) is 2.43. The van der Waals surface area contributed by atoms with E-state index in [0.29, 0.717) is 0 Å². The van der Waals surface area contributed by atoms with Gasteiger partial charge in [0.1, 0.15) is 0 Å². The van der Waals surface area contributed by atoms with Gasteiger partial charge in [0.15, 0.2) is 0 Å². The van der Waals surface area contributed by atoms with Gasteiger partial charge in [0, 0.05) is 0 Å². The average molecular weight is 144 g/mol. The van der Waals surface area contributed by atoms with Crippen molar-refractivity contribution in [2.75, 3.05) is 0 Å². The first kappa shape index (κ1) is 7.75. The standard InChI is InChI=1S/C5H9BO4/c7-9-6(10-8)5-3-1-2-4-5/h3,7-8H,1-2,4H2. The van der Waals surface area contributed by atoms with E-state index in [-0.39, 0.29) is 0 Å². The summed E-state index contributed by atoms with van der Waals surface area (Å²) in [5.74, 6) is 0. The molecule has 0 spiro atoms. The Hall–Kier alpha value is -0.355.